The lowest BCUT2D eigenvalue weighted by Crippen LogP contribution is -2.52. The Bertz CT molecular complexity index is 978. The predicted octanol–water partition coefficient (Wildman–Crippen LogP) is 8.30. The van der Waals surface area contributed by atoms with E-state index in [0.717, 1.165) is 24.3 Å². The van der Waals surface area contributed by atoms with Crippen LogP contribution in [0.25, 0.3) is 0 Å². The number of carbonyl (C=O) groups is 1. The van der Waals surface area contributed by atoms with E-state index in [1.54, 1.807) is 0 Å². The first-order valence-corrected chi connectivity index (χ1v) is 17.3. The van der Waals surface area contributed by atoms with Crippen LogP contribution < -0.4 is 8.85 Å². The van der Waals surface area contributed by atoms with E-state index >= 15 is 0 Å². The number of fused-ring (bicyclic) bond motifs is 1. The minimum atomic E-state index is -0.502. The van der Waals surface area contributed by atoms with Gasteiger partial charge >= 0.3 is 25.5 Å². The second-order valence-corrected chi connectivity index (χ2v) is 14.7. The Labute approximate surface area is 237 Å². The fourth-order valence-corrected chi connectivity index (χ4v) is 7.08. The second-order valence-electron chi connectivity index (χ2n) is 13.5. The lowest BCUT2D eigenvalue weighted by atomic mass is 9.45. The maximum atomic E-state index is 12.6. The Morgan fingerprint density at radius 1 is 1.00 bits per heavy atom. The average Bonchev–Trinajstić information content (AvgIpc) is 2.84. The first-order valence-electron chi connectivity index (χ1n) is 14.5. The van der Waals surface area contributed by atoms with Gasteiger partial charge in [-0.05, 0) is 92.6 Å². The zero-order valence-corrected chi connectivity index (χ0v) is 27.5. The van der Waals surface area contributed by atoms with Crippen molar-refractivity contribution in [1.29, 1.82) is 0 Å². The van der Waals surface area contributed by atoms with Crippen molar-refractivity contribution in [3.63, 3.8) is 0 Å². The fourth-order valence-electron chi connectivity index (χ4n) is 6.31. The van der Waals surface area contributed by atoms with Gasteiger partial charge in [0.25, 0.3) is 0 Å². The van der Waals surface area contributed by atoms with E-state index in [1.807, 2.05) is 20.8 Å². The summed E-state index contributed by atoms with van der Waals surface area (Å²) in [5.74, 6) is 2.92. The van der Waals surface area contributed by atoms with Crippen molar-refractivity contribution in [2.75, 3.05) is 6.61 Å². The molecule has 6 heteroatoms. The molecule has 3 aliphatic rings. The summed E-state index contributed by atoms with van der Waals surface area (Å²) in [7, 11) is 0.713. The summed E-state index contributed by atoms with van der Waals surface area (Å²) in [5.41, 5.74) is 3.40. The number of benzene rings is 1. The number of hydrogen-bond donors (Lipinski definition) is 0. The summed E-state index contributed by atoms with van der Waals surface area (Å²) in [6, 6.07) is 4.59. The van der Waals surface area contributed by atoms with Crippen LogP contribution in [-0.4, -0.2) is 32.1 Å². The molecule has 4 radical (unpaired) electrons. The zero-order valence-electron chi connectivity index (χ0n) is 25.5. The van der Waals surface area contributed by atoms with Crippen molar-refractivity contribution in [2.45, 2.75) is 118 Å². The summed E-state index contributed by atoms with van der Waals surface area (Å²) in [4.78, 5) is 12.6. The number of hydrogen-bond acceptors (Lipinski definition) is 4. The van der Waals surface area contributed by atoms with E-state index in [0.29, 0.717) is 38.0 Å². The van der Waals surface area contributed by atoms with Crippen LogP contribution in [0.2, 0.25) is 13.1 Å². The summed E-state index contributed by atoms with van der Waals surface area (Å²) < 4.78 is 18.6. The summed E-state index contributed by atoms with van der Waals surface area (Å²) in [5, 5.41) is 0. The summed E-state index contributed by atoms with van der Waals surface area (Å²) in [6.07, 6.45) is 9.71. The molecule has 38 heavy (non-hydrogen) atoms. The van der Waals surface area contributed by atoms with E-state index in [9.17, 15) is 4.79 Å². The van der Waals surface area contributed by atoms with Gasteiger partial charge in [0, 0.05) is 11.5 Å². The monoisotopic (exact) mass is 554 g/mol. The van der Waals surface area contributed by atoms with Crippen LogP contribution in [0.3, 0.4) is 0 Å². The first-order chi connectivity index (χ1) is 17.8. The molecule has 0 heterocycles. The third-order valence-corrected chi connectivity index (χ3v) is 9.75. The van der Waals surface area contributed by atoms with Crippen molar-refractivity contribution in [2.24, 2.45) is 22.7 Å². The minimum absolute atomic E-state index is 0.0474. The molecule has 0 aliphatic heterocycles. The average molecular weight is 555 g/mol. The molecule has 210 valence electrons. The number of allylic oxidation sites excluding steroid dienone is 1. The summed E-state index contributed by atoms with van der Waals surface area (Å²) in [6.45, 7) is 22.0. The summed E-state index contributed by atoms with van der Waals surface area (Å²) >= 11 is 0. The van der Waals surface area contributed by atoms with Gasteiger partial charge in [-0.3, -0.25) is 4.79 Å². The quantitative estimate of drug-likeness (QED) is 0.106. The van der Waals surface area contributed by atoms with Crippen LogP contribution in [0, 0.1) is 22.7 Å². The van der Waals surface area contributed by atoms with E-state index in [2.05, 4.69) is 65.9 Å². The first kappa shape index (κ1) is 31.0. The maximum Gasteiger partial charge on any atom is 0.311 e. The molecule has 0 spiro atoms. The second kappa shape index (κ2) is 12.3. The highest BCUT2D eigenvalue weighted by Gasteiger charge is 2.56. The molecule has 0 N–H and O–H groups in total. The molecule has 1 fully saturated rings. The van der Waals surface area contributed by atoms with Crippen molar-refractivity contribution < 1.29 is 18.4 Å². The van der Waals surface area contributed by atoms with Gasteiger partial charge in [-0.15, -0.1) is 0 Å². The number of ether oxygens (including phenoxy) is 1. The number of esters is 1. The molecule has 1 aromatic rings. The van der Waals surface area contributed by atoms with Crippen LogP contribution in [0.4, 0.5) is 0 Å². The Morgan fingerprint density at radius 2 is 1.61 bits per heavy atom. The molecule has 4 nitrogen and oxygen atoms in total. The maximum absolute atomic E-state index is 12.6. The van der Waals surface area contributed by atoms with Gasteiger partial charge in [-0.1, -0.05) is 66.4 Å². The van der Waals surface area contributed by atoms with Crippen molar-refractivity contribution in [1.82, 2.24) is 0 Å². The van der Waals surface area contributed by atoms with Gasteiger partial charge in [0.05, 0.1) is 5.41 Å². The van der Waals surface area contributed by atoms with Crippen molar-refractivity contribution in [3.8, 4) is 11.5 Å². The van der Waals surface area contributed by atoms with Crippen LogP contribution in [0.1, 0.15) is 111 Å². The number of rotatable bonds is 13. The molecule has 4 rings (SSSR count). The Kier molecular flexibility index (Phi) is 10.1. The number of carbonyl (C=O) groups excluding carboxylic acids is 1. The SMILES string of the molecule is CCCCCCC(C)(C)c1cc(O[Si]C)c([C@H]2C=C(COC(=O)C(C)(C)C)[C@@H]3CC2C3(C)C)c(O[Si]C)c1. The Balaban J connectivity index is 2.03. The molecule has 3 atom stereocenters. The lowest BCUT2D eigenvalue weighted by molar-refractivity contribution is -0.152. The van der Waals surface area contributed by atoms with Gasteiger partial charge in [0.1, 0.15) is 18.1 Å². The third-order valence-electron chi connectivity index (χ3n) is 8.90. The van der Waals surface area contributed by atoms with E-state index in [-0.39, 0.29) is 22.7 Å². The lowest BCUT2D eigenvalue weighted by Gasteiger charge is -2.59. The molecule has 3 aliphatic carbocycles. The normalized spacial score (nSPS) is 22.4. The molecule has 0 aromatic heterocycles. The molecule has 0 saturated heterocycles. The van der Waals surface area contributed by atoms with Crippen LogP contribution in [0.5, 0.6) is 11.5 Å². The standard InChI is InChI=1S/C32H50O4Si2/c1-11-12-13-14-15-31(5,6)22-17-26(35-37-9)28(27(18-22)36-38-10)23-16-21(20-34-29(33)30(2,3)4)24-19-25(23)32(24,7)8/h16-18,23-25H,11-15,19-20H2,1-10H3/t23-,24-,25?/m0/s1. The van der Waals surface area contributed by atoms with E-state index in [4.69, 9.17) is 13.6 Å². The zero-order chi connectivity index (χ0) is 28.3. The molecular weight excluding hydrogens is 505 g/mol. The molecule has 1 saturated carbocycles. The third kappa shape index (κ3) is 6.60. The largest absolute Gasteiger partial charge is 0.541 e. The van der Waals surface area contributed by atoms with Crippen molar-refractivity contribution >= 4 is 25.5 Å². The molecule has 1 aromatic carbocycles. The Hall–Kier alpha value is -1.54. The van der Waals surface area contributed by atoms with Gasteiger partial charge in [-0.25, -0.2) is 0 Å². The smallest absolute Gasteiger partial charge is 0.311 e. The van der Waals surface area contributed by atoms with Crippen molar-refractivity contribution in [3.05, 3.63) is 34.9 Å². The molecule has 0 amide bonds. The Morgan fingerprint density at radius 3 is 2.11 bits per heavy atom. The van der Waals surface area contributed by atoms with Crippen LogP contribution in [0.15, 0.2) is 23.8 Å². The highest BCUT2D eigenvalue weighted by atomic mass is 28.2. The molecule has 1 unspecified atom stereocenters. The van der Waals surface area contributed by atoms with Crippen LogP contribution in [-0.2, 0) is 14.9 Å². The molecule has 2 bridgehead atoms. The van der Waals surface area contributed by atoms with Crippen LogP contribution >= 0.6 is 0 Å². The highest BCUT2D eigenvalue weighted by Crippen LogP contribution is 2.65. The number of unbranched alkanes of at least 4 members (excludes halogenated alkanes) is 3. The van der Waals surface area contributed by atoms with Gasteiger partial charge in [-0.2, -0.15) is 0 Å². The van der Waals surface area contributed by atoms with E-state index in [1.165, 1.54) is 42.4 Å². The van der Waals surface area contributed by atoms with Gasteiger partial charge in [0.15, 0.2) is 0 Å². The predicted molar refractivity (Wildman–Crippen MR) is 159 cm³/mol. The molecular formula is C32H50O4Si2. The highest BCUT2D eigenvalue weighted by molar-refractivity contribution is 6.26. The van der Waals surface area contributed by atoms with Gasteiger partial charge in [0.2, 0.25) is 0 Å². The van der Waals surface area contributed by atoms with Gasteiger partial charge < -0.3 is 13.6 Å². The fraction of sp³-hybridized carbons (Fsp3) is 0.719. The van der Waals surface area contributed by atoms with E-state index < -0.39 is 5.41 Å². The topological polar surface area (TPSA) is 44.8 Å². The minimum Gasteiger partial charge on any atom is -0.541 e.